The Bertz CT molecular complexity index is 1010. The normalized spacial score (nSPS) is 29.2. The lowest BCUT2D eigenvalue weighted by molar-refractivity contribution is -0.194. The summed E-state index contributed by atoms with van der Waals surface area (Å²) >= 11 is 5.90. The number of thiocarbonyl (C=S) groups is 1. The predicted molar refractivity (Wildman–Crippen MR) is 119 cm³/mol. The standard InChI is InChI=1S/C23H24FN3O3S/c1-25(2)15-7-9-16(10-8-15)27-19-17-11-18(28)21(30-22(17)29)20(19)26(23(27)31)12-13-3-5-14(24)6-4-13/h3-10,17-21,28H,11-12H2,1-2H3. The number of aliphatic hydroxyl groups is 1. The zero-order chi connectivity index (χ0) is 21.9. The van der Waals surface area contributed by atoms with E-state index in [4.69, 9.17) is 17.0 Å². The van der Waals surface area contributed by atoms with Gasteiger partial charge in [0.2, 0.25) is 0 Å². The van der Waals surface area contributed by atoms with Crippen LogP contribution >= 0.6 is 12.2 Å². The first-order chi connectivity index (χ1) is 14.8. The molecule has 1 N–H and O–H groups in total. The van der Waals surface area contributed by atoms with E-state index in [1.165, 1.54) is 12.1 Å². The van der Waals surface area contributed by atoms with Crippen molar-refractivity contribution in [2.75, 3.05) is 23.9 Å². The van der Waals surface area contributed by atoms with Crippen LogP contribution in [0.15, 0.2) is 48.5 Å². The molecule has 5 unspecified atom stereocenters. The third-order valence-corrected chi connectivity index (χ3v) is 6.98. The van der Waals surface area contributed by atoms with Gasteiger partial charge in [-0.3, -0.25) is 4.79 Å². The van der Waals surface area contributed by atoms with Crippen molar-refractivity contribution in [1.29, 1.82) is 0 Å². The van der Waals surface area contributed by atoms with Gasteiger partial charge in [-0.2, -0.15) is 0 Å². The van der Waals surface area contributed by atoms with E-state index in [1.807, 2.05) is 53.1 Å². The van der Waals surface area contributed by atoms with Gasteiger partial charge in [-0.05, 0) is 60.6 Å². The summed E-state index contributed by atoms with van der Waals surface area (Å²) in [5.41, 5.74) is 2.87. The van der Waals surface area contributed by atoms with Crippen LogP contribution in [0.2, 0.25) is 0 Å². The predicted octanol–water partition coefficient (Wildman–Crippen LogP) is 2.54. The van der Waals surface area contributed by atoms with E-state index in [2.05, 4.69) is 0 Å². The summed E-state index contributed by atoms with van der Waals surface area (Å²) in [5, 5.41) is 11.2. The van der Waals surface area contributed by atoms with Crippen molar-refractivity contribution in [2.24, 2.45) is 5.92 Å². The minimum atomic E-state index is -0.724. The Hall–Kier alpha value is -2.71. The molecule has 2 aromatic carbocycles. The summed E-state index contributed by atoms with van der Waals surface area (Å²) in [6.07, 6.45) is -1.00. The average molecular weight is 442 g/mol. The van der Waals surface area contributed by atoms with Crippen molar-refractivity contribution in [2.45, 2.75) is 37.3 Å². The van der Waals surface area contributed by atoms with E-state index in [0.717, 1.165) is 16.9 Å². The number of anilines is 2. The topological polar surface area (TPSA) is 56.2 Å². The molecule has 8 heteroatoms. The first kappa shape index (κ1) is 20.2. The van der Waals surface area contributed by atoms with Gasteiger partial charge in [0.05, 0.1) is 24.1 Å². The maximum absolute atomic E-state index is 13.4. The van der Waals surface area contributed by atoms with Gasteiger partial charge in [-0.15, -0.1) is 0 Å². The number of halogens is 1. The monoisotopic (exact) mass is 441 g/mol. The number of hydrogen-bond donors (Lipinski definition) is 1. The Kier molecular flexibility index (Phi) is 4.86. The number of esters is 1. The molecular weight excluding hydrogens is 417 g/mol. The van der Waals surface area contributed by atoms with Crippen LogP contribution in [-0.4, -0.2) is 59.5 Å². The Balaban J connectivity index is 1.54. The highest BCUT2D eigenvalue weighted by Crippen LogP contribution is 2.46. The molecule has 0 aromatic heterocycles. The van der Waals surface area contributed by atoms with Crippen LogP contribution in [0.25, 0.3) is 0 Å². The molecule has 4 fully saturated rings. The minimum Gasteiger partial charge on any atom is -0.457 e. The van der Waals surface area contributed by atoms with Gasteiger partial charge >= 0.3 is 5.97 Å². The first-order valence-electron chi connectivity index (χ1n) is 10.4. The van der Waals surface area contributed by atoms with Crippen LogP contribution < -0.4 is 9.80 Å². The van der Waals surface area contributed by atoms with Crippen molar-refractivity contribution in [3.8, 4) is 0 Å². The molecule has 5 atom stereocenters. The van der Waals surface area contributed by atoms with Crippen LogP contribution in [0.4, 0.5) is 15.8 Å². The van der Waals surface area contributed by atoms with Gasteiger partial charge in [0.15, 0.2) is 5.11 Å². The Morgan fingerprint density at radius 2 is 1.81 bits per heavy atom. The lowest BCUT2D eigenvalue weighted by Crippen LogP contribution is -2.66. The number of carbonyl (C=O) groups excluding carboxylic acids is 1. The molecule has 1 saturated carbocycles. The number of aliphatic hydroxyl groups excluding tert-OH is 1. The second kappa shape index (κ2) is 7.46. The average Bonchev–Trinajstić information content (AvgIpc) is 3.04. The highest BCUT2D eigenvalue weighted by Gasteiger charge is 2.62. The van der Waals surface area contributed by atoms with Gasteiger partial charge in [0.1, 0.15) is 11.9 Å². The molecule has 1 aliphatic carbocycles. The summed E-state index contributed by atoms with van der Waals surface area (Å²) in [7, 11) is 3.96. The molecule has 31 heavy (non-hydrogen) atoms. The number of fused-ring (bicyclic) bond motifs is 2. The van der Waals surface area contributed by atoms with E-state index >= 15 is 0 Å². The highest BCUT2D eigenvalue weighted by molar-refractivity contribution is 7.80. The number of rotatable bonds is 4. The molecule has 0 amide bonds. The van der Waals surface area contributed by atoms with E-state index in [1.54, 1.807) is 12.1 Å². The fraction of sp³-hybridized carbons (Fsp3) is 0.391. The number of carbonyl (C=O) groups is 1. The Morgan fingerprint density at radius 3 is 2.45 bits per heavy atom. The van der Waals surface area contributed by atoms with Crippen LogP contribution in [-0.2, 0) is 16.1 Å². The van der Waals surface area contributed by atoms with Crippen LogP contribution in [0.5, 0.6) is 0 Å². The molecule has 0 spiro atoms. The fourth-order valence-corrected chi connectivity index (χ4v) is 5.45. The van der Waals surface area contributed by atoms with Crippen LogP contribution in [0.3, 0.4) is 0 Å². The molecule has 162 valence electrons. The van der Waals surface area contributed by atoms with E-state index in [-0.39, 0.29) is 23.9 Å². The fourth-order valence-electron chi connectivity index (χ4n) is 5.04. The molecule has 2 bridgehead atoms. The van der Waals surface area contributed by atoms with Crippen molar-refractivity contribution in [1.82, 2.24) is 4.90 Å². The third kappa shape index (κ3) is 3.25. The smallest absolute Gasteiger partial charge is 0.311 e. The van der Waals surface area contributed by atoms with Gasteiger partial charge in [0, 0.05) is 32.0 Å². The van der Waals surface area contributed by atoms with Gasteiger partial charge < -0.3 is 24.5 Å². The summed E-state index contributed by atoms with van der Waals surface area (Å²) in [4.78, 5) is 18.7. The Morgan fingerprint density at radius 1 is 1.13 bits per heavy atom. The van der Waals surface area contributed by atoms with Crippen LogP contribution in [0.1, 0.15) is 12.0 Å². The largest absolute Gasteiger partial charge is 0.457 e. The summed E-state index contributed by atoms with van der Waals surface area (Å²) < 4.78 is 19.0. The zero-order valence-electron chi connectivity index (χ0n) is 17.3. The molecule has 3 aliphatic heterocycles. The minimum absolute atomic E-state index is 0.215. The number of nitrogens with zero attached hydrogens (tertiary/aromatic N) is 3. The van der Waals surface area contributed by atoms with E-state index < -0.39 is 18.1 Å². The SMILES string of the molecule is CN(C)c1ccc(N2C(=S)N(Cc3ccc(F)cc3)C3C4OC(=O)C(CC4O)C32)cc1. The summed E-state index contributed by atoms with van der Waals surface area (Å²) in [5.74, 6) is -1.04. The molecule has 6 rings (SSSR count). The molecule has 4 aliphatic rings. The number of hydrogen-bond acceptors (Lipinski definition) is 5. The maximum atomic E-state index is 13.4. The quantitative estimate of drug-likeness (QED) is 0.578. The van der Waals surface area contributed by atoms with Crippen molar-refractivity contribution in [3.63, 3.8) is 0 Å². The first-order valence-corrected chi connectivity index (χ1v) is 10.8. The summed E-state index contributed by atoms with van der Waals surface area (Å²) in [6, 6.07) is 13.9. The number of benzene rings is 2. The zero-order valence-corrected chi connectivity index (χ0v) is 18.1. The van der Waals surface area contributed by atoms with E-state index in [9.17, 15) is 14.3 Å². The molecule has 6 nitrogen and oxygen atoms in total. The van der Waals surface area contributed by atoms with Gasteiger partial charge in [-0.25, -0.2) is 4.39 Å². The lowest BCUT2D eigenvalue weighted by Gasteiger charge is -2.49. The van der Waals surface area contributed by atoms with Crippen molar-refractivity contribution in [3.05, 3.63) is 59.9 Å². The molecule has 2 aromatic rings. The summed E-state index contributed by atoms with van der Waals surface area (Å²) in [6.45, 7) is 0.444. The maximum Gasteiger partial charge on any atom is 0.311 e. The second-order valence-corrected chi connectivity index (χ2v) is 8.98. The number of ether oxygens (including phenoxy) is 1. The third-order valence-electron chi connectivity index (χ3n) is 6.55. The highest BCUT2D eigenvalue weighted by atomic mass is 32.1. The molecular formula is C23H24FN3O3S. The van der Waals surface area contributed by atoms with E-state index in [0.29, 0.717) is 18.1 Å². The molecule has 3 heterocycles. The lowest BCUT2D eigenvalue weighted by atomic mass is 9.74. The molecule has 3 saturated heterocycles. The van der Waals surface area contributed by atoms with Crippen LogP contribution in [0, 0.1) is 11.7 Å². The van der Waals surface area contributed by atoms with Crippen molar-refractivity contribution >= 4 is 34.7 Å². The van der Waals surface area contributed by atoms with Gasteiger partial charge in [0.25, 0.3) is 0 Å². The Labute approximate surface area is 185 Å². The second-order valence-electron chi connectivity index (χ2n) is 8.61. The van der Waals surface area contributed by atoms with Crippen molar-refractivity contribution < 1.29 is 19.0 Å². The van der Waals surface area contributed by atoms with Gasteiger partial charge in [-0.1, -0.05) is 12.1 Å². The molecule has 0 radical (unpaired) electrons.